The molecule has 1 N–H and O–H groups in total. The predicted molar refractivity (Wildman–Crippen MR) is 136 cm³/mol. The van der Waals surface area contributed by atoms with Crippen molar-refractivity contribution >= 4 is 23.1 Å². The monoisotopic (exact) mass is 493 g/mol. The number of carbonyl (C=O) groups excluding carboxylic acids is 1. The number of piperidine rings is 1. The minimum Gasteiger partial charge on any atom is -0.487 e. The maximum Gasteiger partial charge on any atom is 0.246 e. The Bertz CT molecular complexity index is 1150. The fraction of sp³-hybridized carbons (Fsp3) is 0.481. The summed E-state index contributed by atoms with van der Waals surface area (Å²) in [6.45, 7) is 9.59. The molecule has 0 aliphatic carbocycles. The molecule has 0 spiro atoms. The summed E-state index contributed by atoms with van der Waals surface area (Å²) < 4.78 is 27.1. The molecule has 0 unspecified atom stereocenters. The number of nitrogens with one attached hydrogen (secondary N) is 1. The summed E-state index contributed by atoms with van der Waals surface area (Å²) >= 11 is 0. The van der Waals surface area contributed by atoms with Crippen LogP contribution in [0.25, 0.3) is 0 Å². The largest absolute Gasteiger partial charge is 0.487 e. The van der Waals surface area contributed by atoms with E-state index in [-0.39, 0.29) is 17.9 Å². The van der Waals surface area contributed by atoms with E-state index in [1.165, 1.54) is 6.08 Å². The van der Waals surface area contributed by atoms with Gasteiger partial charge in [-0.05, 0) is 42.8 Å². The highest BCUT2D eigenvalue weighted by Crippen LogP contribution is 2.40. The third-order valence-electron chi connectivity index (χ3n) is 7.88. The van der Waals surface area contributed by atoms with Crippen molar-refractivity contribution in [3.05, 3.63) is 54.2 Å². The van der Waals surface area contributed by atoms with Crippen molar-refractivity contribution in [1.82, 2.24) is 14.8 Å². The standard InChI is InChI=1S/C27H32FN5O3/c1-2-26(34)33-14-19(15-33)32-8-6-20(22(28)16-32)18-3-4-25-23(13-18)30-27-21(17-36-25)24(5-7-29-27)31-9-11-35-12-10-31/h2-5,7,13,19-20,22H,1,6,8-12,14-17H2,(H,29,30)/t20-,22-/m0/s1. The maximum atomic E-state index is 15.4. The molecule has 4 aliphatic heterocycles. The predicted octanol–water partition coefficient (Wildman–Crippen LogP) is 3.08. The van der Waals surface area contributed by atoms with E-state index in [2.05, 4.69) is 26.7 Å². The lowest BCUT2D eigenvalue weighted by Crippen LogP contribution is -2.63. The first-order chi connectivity index (χ1) is 17.6. The minimum atomic E-state index is -0.967. The Hall–Kier alpha value is -3.17. The third-order valence-corrected chi connectivity index (χ3v) is 7.88. The number of pyridine rings is 1. The van der Waals surface area contributed by atoms with E-state index in [4.69, 9.17) is 9.47 Å². The van der Waals surface area contributed by atoms with Crippen molar-refractivity contribution in [2.45, 2.75) is 31.2 Å². The Morgan fingerprint density at radius 3 is 2.78 bits per heavy atom. The van der Waals surface area contributed by atoms with Gasteiger partial charge in [-0.25, -0.2) is 9.37 Å². The Balaban J connectivity index is 1.16. The van der Waals surface area contributed by atoms with Gasteiger partial charge in [-0.3, -0.25) is 9.69 Å². The van der Waals surface area contributed by atoms with Crippen molar-refractivity contribution < 1.29 is 18.7 Å². The topological polar surface area (TPSA) is 70.2 Å². The first-order valence-electron chi connectivity index (χ1n) is 12.7. The highest BCUT2D eigenvalue weighted by atomic mass is 19.1. The zero-order valence-electron chi connectivity index (χ0n) is 20.4. The number of fused-ring (bicyclic) bond motifs is 2. The van der Waals surface area contributed by atoms with Crippen LogP contribution in [0.1, 0.15) is 23.5 Å². The second kappa shape index (κ2) is 9.71. The van der Waals surface area contributed by atoms with Crippen molar-refractivity contribution in [3.8, 4) is 5.75 Å². The molecule has 2 atom stereocenters. The molecular weight excluding hydrogens is 461 g/mol. The molecule has 0 radical (unpaired) electrons. The molecule has 8 nitrogen and oxygen atoms in total. The molecule has 6 rings (SSSR count). The van der Waals surface area contributed by atoms with Gasteiger partial charge in [0.25, 0.3) is 0 Å². The van der Waals surface area contributed by atoms with Gasteiger partial charge in [-0.2, -0.15) is 0 Å². The number of aromatic nitrogens is 1. The highest BCUT2D eigenvalue weighted by molar-refractivity contribution is 5.87. The van der Waals surface area contributed by atoms with Crippen molar-refractivity contribution in [2.24, 2.45) is 0 Å². The number of nitrogens with zero attached hydrogens (tertiary/aromatic N) is 4. The number of hydrogen-bond donors (Lipinski definition) is 1. The van der Waals surface area contributed by atoms with Crippen LogP contribution in [-0.4, -0.2) is 85.4 Å². The highest BCUT2D eigenvalue weighted by Gasteiger charge is 2.39. The number of amides is 1. The fourth-order valence-electron chi connectivity index (χ4n) is 5.74. The lowest BCUT2D eigenvalue weighted by molar-refractivity contribution is -0.134. The summed E-state index contributed by atoms with van der Waals surface area (Å²) in [6.07, 6.45) is 2.94. The van der Waals surface area contributed by atoms with E-state index < -0.39 is 6.17 Å². The number of carbonyl (C=O) groups is 1. The zero-order valence-corrected chi connectivity index (χ0v) is 20.4. The second-order valence-corrected chi connectivity index (χ2v) is 9.93. The third kappa shape index (κ3) is 4.30. The van der Waals surface area contributed by atoms with Crippen LogP contribution in [0.4, 0.5) is 21.6 Å². The summed E-state index contributed by atoms with van der Waals surface area (Å²) in [5.74, 6) is 1.31. The molecular formula is C27H32FN5O3. The molecule has 4 aliphatic rings. The van der Waals surface area contributed by atoms with Crippen LogP contribution in [0.3, 0.4) is 0 Å². The van der Waals surface area contributed by atoms with Crippen molar-refractivity contribution in [3.63, 3.8) is 0 Å². The molecule has 9 heteroatoms. The summed E-state index contributed by atoms with van der Waals surface area (Å²) in [6, 6.07) is 8.23. The Morgan fingerprint density at radius 1 is 1.17 bits per heavy atom. The molecule has 3 fully saturated rings. The molecule has 1 amide bonds. The van der Waals surface area contributed by atoms with Gasteiger partial charge in [0.2, 0.25) is 5.91 Å². The molecule has 5 heterocycles. The number of halogens is 1. The number of alkyl halides is 1. The van der Waals surface area contributed by atoms with Crippen LogP contribution < -0.4 is 15.0 Å². The number of hydrogen-bond acceptors (Lipinski definition) is 7. The number of likely N-dealkylation sites (tertiary alicyclic amines) is 2. The lowest BCUT2D eigenvalue weighted by atomic mass is 9.86. The maximum absolute atomic E-state index is 15.4. The Labute approximate surface area is 210 Å². The summed E-state index contributed by atoms with van der Waals surface area (Å²) in [5.41, 5.74) is 3.94. The van der Waals surface area contributed by atoms with Gasteiger partial charge < -0.3 is 24.6 Å². The van der Waals surface area contributed by atoms with E-state index in [9.17, 15) is 4.79 Å². The number of benzene rings is 1. The van der Waals surface area contributed by atoms with Crippen LogP contribution in [-0.2, 0) is 16.1 Å². The van der Waals surface area contributed by atoms with E-state index in [0.717, 1.165) is 60.1 Å². The molecule has 3 saturated heterocycles. The first-order valence-corrected chi connectivity index (χ1v) is 12.7. The van der Waals surface area contributed by atoms with Gasteiger partial charge in [0.05, 0.1) is 24.5 Å². The van der Waals surface area contributed by atoms with E-state index in [0.29, 0.717) is 39.5 Å². The van der Waals surface area contributed by atoms with Gasteiger partial charge in [-0.15, -0.1) is 0 Å². The normalized spacial score (nSPS) is 24.5. The van der Waals surface area contributed by atoms with E-state index >= 15 is 4.39 Å². The van der Waals surface area contributed by atoms with Crippen LogP contribution >= 0.6 is 0 Å². The zero-order chi connectivity index (χ0) is 24.6. The molecule has 0 saturated carbocycles. The van der Waals surface area contributed by atoms with Crippen LogP contribution in [0.15, 0.2) is 43.1 Å². The summed E-state index contributed by atoms with van der Waals surface area (Å²) in [7, 11) is 0. The van der Waals surface area contributed by atoms with Crippen molar-refractivity contribution in [1.29, 1.82) is 0 Å². The molecule has 1 aromatic heterocycles. The van der Waals surface area contributed by atoms with Crippen LogP contribution in [0, 0.1) is 0 Å². The lowest BCUT2D eigenvalue weighted by Gasteiger charge is -2.48. The Kier molecular flexibility index (Phi) is 6.27. The fourth-order valence-corrected chi connectivity index (χ4v) is 5.74. The average Bonchev–Trinajstić information content (AvgIpc) is 3.07. The molecule has 2 aromatic rings. The van der Waals surface area contributed by atoms with Crippen molar-refractivity contribution in [2.75, 3.05) is 62.7 Å². The quantitative estimate of drug-likeness (QED) is 0.657. The van der Waals surface area contributed by atoms with Gasteiger partial charge in [-0.1, -0.05) is 12.6 Å². The molecule has 190 valence electrons. The van der Waals surface area contributed by atoms with E-state index in [1.54, 1.807) is 4.90 Å². The molecule has 0 bridgehead atoms. The number of anilines is 3. The number of ether oxygens (including phenoxy) is 2. The average molecular weight is 494 g/mol. The number of rotatable bonds is 4. The second-order valence-electron chi connectivity index (χ2n) is 9.93. The van der Waals surface area contributed by atoms with Gasteiger partial charge in [0.1, 0.15) is 24.3 Å². The Morgan fingerprint density at radius 2 is 2.00 bits per heavy atom. The minimum absolute atomic E-state index is 0.0502. The van der Waals surface area contributed by atoms with Gasteiger partial charge in [0.15, 0.2) is 0 Å². The molecule has 36 heavy (non-hydrogen) atoms. The smallest absolute Gasteiger partial charge is 0.246 e. The van der Waals surface area contributed by atoms with Gasteiger partial charge in [0, 0.05) is 56.6 Å². The van der Waals surface area contributed by atoms with E-state index in [1.807, 2.05) is 30.5 Å². The first kappa shape index (κ1) is 23.2. The van der Waals surface area contributed by atoms with Crippen LogP contribution in [0.2, 0.25) is 0 Å². The molecule has 1 aromatic carbocycles. The summed E-state index contributed by atoms with van der Waals surface area (Å²) in [5, 5.41) is 3.47. The van der Waals surface area contributed by atoms with Crippen LogP contribution in [0.5, 0.6) is 5.75 Å². The van der Waals surface area contributed by atoms with Gasteiger partial charge >= 0.3 is 0 Å². The number of morpholine rings is 1. The summed E-state index contributed by atoms with van der Waals surface area (Å²) in [4.78, 5) is 22.6. The SMILES string of the molecule is C=CC(=O)N1CC(N2CC[C@@H](c3ccc4c(c3)Nc3nccc(N5CCOCC5)c3CO4)[C@@H](F)C2)C1.